The first-order valence-electron chi connectivity index (χ1n) is 5.68. The highest BCUT2D eigenvalue weighted by atomic mass is 16.6. The third-order valence-electron chi connectivity index (χ3n) is 2.58. The molecule has 0 bridgehead atoms. The van der Waals surface area contributed by atoms with Gasteiger partial charge in [0.2, 0.25) is 0 Å². The molecular formula is C13H11N3O4. The number of nitrogens with zero attached hydrogens (tertiary/aromatic N) is 2. The molecule has 0 saturated carbocycles. The normalized spacial score (nSPS) is 10.1. The van der Waals surface area contributed by atoms with E-state index in [9.17, 15) is 20.0 Å². The van der Waals surface area contributed by atoms with Gasteiger partial charge in [0, 0.05) is 12.3 Å². The number of benzene rings is 1. The van der Waals surface area contributed by atoms with Crippen LogP contribution in [0.5, 0.6) is 5.75 Å². The van der Waals surface area contributed by atoms with Crippen LogP contribution in [0.1, 0.15) is 15.9 Å². The molecule has 0 aliphatic carbocycles. The number of hydrogen-bond donors (Lipinski definition) is 2. The molecule has 7 nitrogen and oxygen atoms in total. The van der Waals surface area contributed by atoms with Crippen LogP contribution in [0.15, 0.2) is 36.7 Å². The van der Waals surface area contributed by atoms with Gasteiger partial charge in [-0.25, -0.2) is 0 Å². The van der Waals surface area contributed by atoms with Crippen LogP contribution < -0.4 is 5.32 Å². The second-order valence-corrected chi connectivity index (χ2v) is 4.16. The van der Waals surface area contributed by atoms with Crippen LogP contribution in [-0.2, 0) is 0 Å². The van der Waals surface area contributed by atoms with Gasteiger partial charge in [0.05, 0.1) is 16.7 Å². The molecule has 0 unspecified atom stereocenters. The maximum absolute atomic E-state index is 12.0. The number of nitro groups is 1. The third-order valence-corrected chi connectivity index (χ3v) is 2.58. The molecule has 0 aliphatic heterocycles. The van der Waals surface area contributed by atoms with E-state index in [-0.39, 0.29) is 22.7 Å². The van der Waals surface area contributed by atoms with Crippen molar-refractivity contribution in [2.75, 3.05) is 5.32 Å². The highest BCUT2D eigenvalue weighted by Crippen LogP contribution is 2.25. The molecule has 1 aromatic heterocycles. The summed E-state index contributed by atoms with van der Waals surface area (Å²) in [6.45, 7) is 1.76. The Balaban J connectivity index is 2.32. The molecule has 0 atom stereocenters. The summed E-state index contributed by atoms with van der Waals surface area (Å²) in [6.07, 6.45) is 2.45. The Morgan fingerprint density at radius 2 is 2.10 bits per heavy atom. The van der Waals surface area contributed by atoms with Crippen molar-refractivity contribution in [1.82, 2.24) is 4.98 Å². The minimum absolute atomic E-state index is 0.100. The zero-order valence-electron chi connectivity index (χ0n) is 10.5. The summed E-state index contributed by atoms with van der Waals surface area (Å²) >= 11 is 0. The number of nitro benzene ring substituents is 1. The van der Waals surface area contributed by atoms with E-state index in [1.807, 2.05) is 0 Å². The molecule has 1 aromatic carbocycles. The van der Waals surface area contributed by atoms with Crippen molar-refractivity contribution in [2.45, 2.75) is 6.92 Å². The topological polar surface area (TPSA) is 105 Å². The van der Waals surface area contributed by atoms with Crippen LogP contribution >= 0.6 is 0 Å². The summed E-state index contributed by atoms with van der Waals surface area (Å²) in [5.74, 6) is -0.738. The van der Waals surface area contributed by atoms with Gasteiger partial charge in [-0.15, -0.1) is 0 Å². The number of carbonyl (C=O) groups is 1. The molecule has 7 heteroatoms. The largest absolute Gasteiger partial charge is 0.506 e. The summed E-state index contributed by atoms with van der Waals surface area (Å²) in [6, 6.07) is 5.64. The Hall–Kier alpha value is -2.96. The van der Waals surface area contributed by atoms with Gasteiger partial charge in [0.15, 0.2) is 0 Å². The average Bonchev–Trinajstić information content (AvgIpc) is 2.38. The maximum Gasteiger partial charge on any atom is 0.292 e. The monoisotopic (exact) mass is 273 g/mol. The van der Waals surface area contributed by atoms with Crippen molar-refractivity contribution < 1.29 is 14.8 Å². The van der Waals surface area contributed by atoms with Crippen LogP contribution in [0.3, 0.4) is 0 Å². The molecule has 0 saturated heterocycles. The number of aryl methyl sites for hydroxylation is 1. The molecule has 1 heterocycles. The Kier molecular flexibility index (Phi) is 3.60. The SMILES string of the molecule is Cc1ccc([N+](=O)[O-])c(NC(=O)c2cncc(O)c2)c1. The molecule has 2 aromatic rings. The highest BCUT2D eigenvalue weighted by molar-refractivity contribution is 6.05. The number of rotatable bonds is 3. The molecule has 2 N–H and O–H groups in total. The summed E-state index contributed by atoms with van der Waals surface area (Å²) in [4.78, 5) is 26.0. The van der Waals surface area contributed by atoms with Crippen LogP contribution in [0, 0.1) is 17.0 Å². The lowest BCUT2D eigenvalue weighted by molar-refractivity contribution is -0.383. The second kappa shape index (κ2) is 5.35. The van der Waals surface area contributed by atoms with Crippen molar-refractivity contribution in [2.24, 2.45) is 0 Å². The number of carbonyl (C=O) groups excluding carboxylic acids is 1. The minimum atomic E-state index is -0.581. The molecule has 2 rings (SSSR count). The predicted octanol–water partition coefficient (Wildman–Crippen LogP) is 2.26. The molecule has 1 amide bonds. The van der Waals surface area contributed by atoms with Crippen LogP contribution in [0.2, 0.25) is 0 Å². The molecule has 0 radical (unpaired) electrons. The highest BCUT2D eigenvalue weighted by Gasteiger charge is 2.17. The van der Waals surface area contributed by atoms with Crippen LogP contribution in [-0.4, -0.2) is 20.9 Å². The van der Waals surface area contributed by atoms with Crippen molar-refractivity contribution in [1.29, 1.82) is 0 Å². The summed E-state index contributed by atoms with van der Waals surface area (Å²) in [5, 5.41) is 22.6. The number of pyridine rings is 1. The summed E-state index contributed by atoms with van der Waals surface area (Å²) < 4.78 is 0. The van der Waals surface area contributed by atoms with E-state index in [4.69, 9.17) is 0 Å². The molecule has 0 aliphatic rings. The average molecular weight is 273 g/mol. The number of anilines is 1. The Morgan fingerprint density at radius 1 is 1.35 bits per heavy atom. The van der Waals surface area contributed by atoms with Gasteiger partial charge < -0.3 is 10.4 Å². The molecular weight excluding hydrogens is 262 g/mol. The van der Waals surface area contributed by atoms with Gasteiger partial charge in [-0.05, 0) is 24.6 Å². The maximum atomic E-state index is 12.0. The van der Waals surface area contributed by atoms with Gasteiger partial charge in [0.1, 0.15) is 11.4 Å². The minimum Gasteiger partial charge on any atom is -0.506 e. The lowest BCUT2D eigenvalue weighted by Crippen LogP contribution is -2.13. The third kappa shape index (κ3) is 2.89. The van der Waals surface area contributed by atoms with E-state index in [2.05, 4.69) is 10.3 Å². The number of aromatic hydroxyl groups is 1. The van der Waals surface area contributed by atoms with Gasteiger partial charge in [0.25, 0.3) is 11.6 Å². The van der Waals surface area contributed by atoms with Gasteiger partial charge in [-0.2, -0.15) is 0 Å². The lowest BCUT2D eigenvalue weighted by atomic mass is 10.2. The first-order valence-corrected chi connectivity index (χ1v) is 5.68. The fourth-order valence-electron chi connectivity index (χ4n) is 1.66. The van der Waals surface area contributed by atoms with E-state index in [0.717, 1.165) is 5.56 Å². The van der Waals surface area contributed by atoms with Crippen molar-refractivity contribution in [3.8, 4) is 5.75 Å². The zero-order chi connectivity index (χ0) is 14.7. The number of hydrogen-bond acceptors (Lipinski definition) is 5. The molecule has 0 fully saturated rings. The van der Waals surface area contributed by atoms with Crippen LogP contribution in [0.25, 0.3) is 0 Å². The van der Waals surface area contributed by atoms with Gasteiger partial charge in [-0.1, -0.05) is 6.07 Å². The van der Waals surface area contributed by atoms with Gasteiger partial charge in [-0.3, -0.25) is 19.9 Å². The first-order chi connectivity index (χ1) is 9.47. The zero-order valence-corrected chi connectivity index (χ0v) is 10.5. The van der Waals surface area contributed by atoms with Crippen LogP contribution in [0.4, 0.5) is 11.4 Å². The fourth-order valence-corrected chi connectivity index (χ4v) is 1.66. The number of amides is 1. The van der Waals surface area contributed by atoms with E-state index in [1.54, 1.807) is 13.0 Å². The predicted molar refractivity (Wildman–Crippen MR) is 71.7 cm³/mol. The van der Waals surface area contributed by atoms with E-state index < -0.39 is 10.8 Å². The Labute approximate surface area is 114 Å². The quantitative estimate of drug-likeness (QED) is 0.659. The molecule has 0 spiro atoms. The Morgan fingerprint density at radius 3 is 2.75 bits per heavy atom. The smallest absolute Gasteiger partial charge is 0.292 e. The van der Waals surface area contributed by atoms with Crippen molar-refractivity contribution in [3.05, 3.63) is 57.9 Å². The van der Waals surface area contributed by atoms with Crippen molar-refractivity contribution in [3.63, 3.8) is 0 Å². The van der Waals surface area contributed by atoms with Crippen molar-refractivity contribution >= 4 is 17.3 Å². The fraction of sp³-hybridized carbons (Fsp3) is 0.0769. The Bertz CT molecular complexity index is 685. The number of nitrogens with one attached hydrogen (secondary N) is 1. The van der Waals surface area contributed by atoms with E-state index >= 15 is 0 Å². The second-order valence-electron chi connectivity index (χ2n) is 4.16. The molecule has 102 valence electrons. The number of aromatic nitrogens is 1. The van der Waals surface area contributed by atoms with Gasteiger partial charge >= 0.3 is 0 Å². The van der Waals surface area contributed by atoms with E-state index in [1.165, 1.54) is 30.6 Å². The summed E-state index contributed by atoms with van der Waals surface area (Å²) in [5.41, 5.74) is 0.793. The standard InChI is InChI=1S/C13H11N3O4/c1-8-2-3-12(16(19)20)11(4-8)15-13(18)9-5-10(17)7-14-6-9/h2-7,17H,1H3,(H,15,18). The summed E-state index contributed by atoms with van der Waals surface area (Å²) in [7, 11) is 0. The van der Waals surface area contributed by atoms with E-state index in [0.29, 0.717) is 0 Å². The molecule has 20 heavy (non-hydrogen) atoms. The lowest BCUT2D eigenvalue weighted by Gasteiger charge is -2.07. The first kappa shape index (κ1) is 13.5.